The van der Waals surface area contributed by atoms with Gasteiger partial charge < -0.3 is 14.8 Å². The van der Waals surface area contributed by atoms with Crippen LogP contribution in [-0.4, -0.2) is 30.8 Å². The van der Waals surface area contributed by atoms with E-state index in [2.05, 4.69) is 5.32 Å². The van der Waals surface area contributed by atoms with Gasteiger partial charge in [-0.15, -0.1) is 0 Å². The minimum absolute atomic E-state index is 0.180. The number of carbonyl (C=O) groups is 2. The summed E-state index contributed by atoms with van der Waals surface area (Å²) in [5, 5.41) is 2.78. The van der Waals surface area contributed by atoms with Crippen molar-refractivity contribution in [1.29, 1.82) is 0 Å². The third-order valence-corrected chi connectivity index (χ3v) is 2.97. The van der Waals surface area contributed by atoms with Crippen LogP contribution < -0.4 is 5.32 Å². The van der Waals surface area contributed by atoms with Crippen molar-refractivity contribution in [1.82, 2.24) is 5.32 Å². The van der Waals surface area contributed by atoms with Gasteiger partial charge in [0.1, 0.15) is 5.60 Å². The van der Waals surface area contributed by atoms with Crippen LogP contribution in [0.4, 0.5) is 4.79 Å². The first kappa shape index (κ1) is 14.8. The molecule has 0 radical (unpaired) electrons. The van der Waals surface area contributed by atoms with Crippen LogP contribution in [0, 0.1) is 5.92 Å². The molecule has 1 rings (SSSR count). The van der Waals surface area contributed by atoms with Gasteiger partial charge in [0, 0.05) is 6.04 Å². The van der Waals surface area contributed by atoms with E-state index in [0.29, 0.717) is 0 Å². The fourth-order valence-electron chi connectivity index (χ4n) is 2.20. The van der Waals surface area contributed by atoms with Gasteiger partial charge in [-0.25, -0.2) is 4.79 Å². The molecule has 18 heavy (non-hydrogen) atoms. The Kier molecular flexibility index (Phi) is 4.99. The SMILES string of the molecule is COC(=O)[C@H]1CCCC[C@@H]1NC(=O)OC(C)(C)C. The highest BCUT2D eigenvalue weighted by atomic mass is 16.6. The second-order valence-electron chi connectivity index (χ2n) is 5.67. The summed E-state index contributed by atoms with van der Waals surface area (Å²) in [6.07, 6.45) is 3.08. The van der Waals surface area contributed by atoms with Crippen LogP contribution in [0.15, 0.2) is 0 Å². The lowest BCUT2D eigenvalue weighted by atomic mass is 9.84. The molecule has 0 unspecified atom stereocenters. The molecule has 1 aliphatic carbocycles. The Bertz CT molecular complexity index is 309. The molecule has 0 aromatic heterocycles. The third kappa shape index (κ3) is 4.55. The Hall–Kier alpha value is -1.26. The van der Waals surface area contributed by atoms with Crippen molar-refractivity contribution in [3.05, 3.63) is 0 Å². The maximum Gasteiger partial charge on any atom is 0.407 e. The molecule has 0 spiro atoms. The zero-order valence-corrected chi connectivity index (χ0v) is 11.6. The zero-order valence-electron chi connectivity index (χ0n) is 11.6. The van der Waals surface area contributed by atoms with Crippen molar-refractivity contribution in [3.8, 4) is 0 Å². The smallest absolute Gasteiger partial charge is 0.407 e. The number of methoxy groups -OCH3 is 1. The minimum atomic E-state index is -0.528. The first-order chi connectivity index (χ1) is 8.33. The molecule has 1 aliphatic rings. The molecular weight excluding hydrogens is 234 g/mol. The highest BCUT2D eigenvalue weighted by Gasteiger charge is 2.33. The van der Waals surface area contributed by atoms with Crippen molar-refractivity contribution in [2.24, 2.45) is 5.92 Å². The quantitative estimate of drug-likeness (QED) is 0.770. The molecule has 0 aromatic carbocycles. The van der Waals surface area contributed by atoms with Crippen LogP contribution in [-0.2, 0) is 14.3 Å². The predicted molar refractivity (Wildman–Crippen MR) is 67.1 cm³/mol. The zero-order chi connectivity index (χ0) is 13.8. The summed E-state index contributed by atoms with van der Waals surface area (Å²) >= 11 is 0. The van der Waals surface area contributed by atoms with Crippen LogP contribution in [0.25, 0.3) is 0 Å². The van der Waals surface area contributed by atoms with E-state index in [1.807, 2.05) is 20.8 Å². The number of ether oxygens (including phenoxy) is 2. The first-order valence-corrected chi connectivity index (χ1v) is 6.41. The molecule has 0 saturated heterocycles. The molecule has 1 amide bonds. The Morgan fingerprint density at radius 2 is 1.78 bits per heavy atom. The third-order valence-electron chi connectivity index (χ3n) is 2.97. The molecule has 1 N–H and O–H groups in total. The largest absolute Gasteiger partial charge is 0.469 e. The molecule has 0 aromatic rings. The summed E-state index contributed by atoms with van der Waals surface area (Å²) in [6.45, 7) is 5.43. The van der Waals surface area contributed by atoms with E-state index in [4.69, 9.17) is 9.47 Å². The van der Waals surface area contributed by atoms with E-state index in [-0.39, 0.29) is 17.9 Å². The fourth-order valence-corrected chi connectivity index (χ4v) is 2.20. The Morgan fingerprint density at radius 3 is 2.33 bits per heavy atom. The molecular formula is C13H23NO4. The normalized spacial score (nSPS) is 24.2. The van der Waals surface area contributed by atoms with Gasteiger partial charge in [-0.1, -0.05) is 12.8 Å². The van der Waals surface area contributed by atoms with Gasteiger partial charge in [0.15, 0.2) is 0 Å². The van der Waals surface area contributed by atoms with Crippen LogP contribution in [0.5, 0.6) is 0 Å². The van der Waals surface area contributed by atoms with Crippen molar-refractivity contribution in [2.45, 2.75) is 58.1 Å². The number of esters is 1. The number of hydrogen-bond acceptors (Lipinski definition) is 4. The van der Waals surface area contributed by atoms with E-state index in [9.17, 15) is 9.59 Å². The monoisotopic (exact) mass is 257 g/mol. The van der Waals surface area contributed by atoms with Gasteiger partial charge in [0.05, 0.1) is 13.0 Å². The average Bonchev–Trinajstić information content (AvgIpc) is 2.26. The average molecular weight is 257 g/mol. The van der Waals surface area contributed by atoms with Crippen molar-refractivity contribution in [3.63, 3.8) is 0 Å². The molecule has 1 fully saturated rings. The van der Waals surface area contributed by atoms with Crippen LogP contribution in [0.3, 0.4) is 0 Å². The standard InChI is InChI=1S/C13H23NO4/c1-13(2,3)18-12(16)14-10-8-6-5-7-9(10)11(15)17-4/h9-10H,5-8H2,1-4H3,(H,14,16)/t9-,10-/m0/s1. The summed E-state index contributed by atoms with van der Waals surface area (Å²) in [7, 11) is 1.38. The van der Waals surface area contributed by atoms with E-state index < -0.39 is 11.7 Å². The van der Waals surface area contributed by atoms with Crippen molar-refractivity contribution >= 4 is 12.1 Å². The first-order valence-electron chi connectivity index (χ1n) is 6.41. The van der Waals surface area contributed by atoms with Gasteiger partial charge in [-0.2, -0.15) is 0 Å². The van der Waals surface area contributed by atoms with E-state index in [1.165, 1.54) is 7.11 Å². The molecule has 5 heteroatoms. The fraction of sp³-hybridized carbons (Fsp3) is 0.846. The lowest BCUT2D eigenvalue weighted by molar-refractivity contribution is -0.147. The molecule has 0 bridgehead atoms. The maximum atomic E-state index is 11.7. The van der Waals surface area contributed by atoms with Crippen LogP contribution in [0.1, 0.15) is 46.5 Å². The summed E-state index contributed by atoms with van der Waals surface area (Å²) < 4.78 is 9.97. The van der Waals surface area contributed by atoms with Gasteiger partial charge in [0.2, 0.25) is 0 Å². The lowest BCUT2D eigenvalue weighted by Crippen LogP contribution is -2.47. The van der Waals surface area contributed by atoms with Gasteiger partial charge in [-0.3, -0.25) is 4.79 Å². The van der Waals surface area contributed by atoms with Gasteiger partial charge in [-0.05, 0) is 33.6 Å². The number of carbonyl (C=O) groups excluding carboxylic acids is 2. The molecule has 2 atom stereocenters. The molecule has 0 heterocycles. The maximum absolute atomic E-state index is 11.7. The summed E-state index contributed by atoms with van der Waals surface area (Å²) in [5.74, 6) is -0.507. The Morgan fingerprint density at radius 1 is 1.17 bits per heavy atom. The Labute approximate surface area is 108 Å². The number of rotatable bonds is 2. The second kappa shape index (κ2) is 6.07. The second-order valence-corrected chi connectivity index (χ2v) is 5.67. The summed E-state index contributed by atoms with van der Waals surface area (Å²) in [6, 6.07) is -0.180. The number of nitrogens with one attached hydrogen (secondary N) is 1. The number of amides is 1. The molecule has 0 aliphatic heterocycles. The molecule has 104 valence electrons. The van der Waals surface area contributed by atoms with Crippen molar-refractivity contribution < 1.29 is 19.1 Å². The Balaban J connectivity index is 2.57. The van der Waals surface area contributed by atoms with Crippen LogP contribution in [0.2, 0.25) is 0 Å². The van der Waals surface area contributed by atoms with Gasteiger partial charge in [0.25, 0.3) is 0 Å². The van der Waals surface area contributed by atoms with Crippen molar-refractivity contribution in [2.75, 3.05) is 7.11 Å². The lowest BCUT2D eigenvalue weighted by Gasteiger charge is -2.31. The predicted octanol–water partition coefficient (Wildman–Crippen LogP) is 2.24. The van der Waals surface area contributed by atoms with Gasteiger partial charge >= 0.3 is 12.1 Å². The topological polar surface area (TPSA) is 64.6 Å². The molecule has 1 saturated carbocycles. The number of hydrogen-bond donors (Lipinski definition) is 1. The highest BCUT2D eigenvalue weighted by Crippen LogP contribution is 2.25. The van der Waals surface area contributed by atoms with E-state index >= 15 is 0 Å². The minimum Gasteiger partial charge on any atom is -0.469 e. The van der Waals surface area contributed by atoms with Crippen LogP contribution >= 0.6 is 0 Å². The number of alkyl carbamates (subject to hydrolysis) is 1. The highest BCUT2D eigenvalue weighted by molar-refractivity contribution is 5.75. The molecule has 5 nitrogen and oxygen atoms in total. The summed E-state index contributed by atoms with van der Waals surface area (Å²) in [4.78, 5) is 23.3. The summed E-state index contributed by atoms with van der Waals surface area (Å²) in [5.41, 5.74) is -0.528. The van der Waals surface area contributed by atoms with E-state index in [1.54, 1.807) is 0 Å². The van der Waals surface area contributed by atoms with E-state index in [0.717, 1.165) is 25.7 Å².